The lowest BCUT2D eigenvalue weighted by atomic mass is 10.2. The molecular weight excluding hydrogens is 304 g/mol. The van der Waals surface area contributed by atoms with Crippen LogP contribution >= 0.6 is 11.8 Å². The van der Waals surface area contributed by atoms with Gasteiger partial charge in [0.05, 0.1) is 11.9 Å². The average Bonchev–Trinajstić information content (AvgIpc) is 3.22. The van der Waals surface area contributed by atoms with Crippen LogP contribution in [0.3, 0.4) is 0 Å². The van der Waals surface area contributed by atoms with E-state index in [-0.39, 0.29) is 0 Å². The number of rotatable bonds is 8. The van der Waals surface area contributed by atoms with Gasteiger partial charge in [0.15, 0.2) is 5.16 Å². The Hall–Kier alpha value is -2.01. The van der Waals surface area contributed by atoms with E-state index in [1.54, 1.807) is 0 Å². The summed E-state index contributed by atoms with van der Waals surface area (Å²) in [5.74, 6) is 1.11. The first-order chi connectivity index (χ1) is 11.3. The fourth-order valence-corrected chi connectivity index (χ4v) is 3.50. The molecule has 120 valence electrons. The molecule has 0 atom stereocenters. The number of thioether (sulfide) groups is 1. The van der Waals surface area contributed by atoms with Crippen LogP contribution in [-0.4, -0.2) is 25.1 Å². The summed E-state index contributed by atoms with van der Waals surface area (Å²) in [5, 5.41) is 5.32. The largest absolute Gasteiger partial charge is 0.322 e. The molecule has 0 amide bonds. The number of unbranched alkanes of at least 4 members (excludes halogenated alkanes) is 2. The van der Waals surface area contributed by atoms with E-state index in [9.17, 15) is 0 Å². The Balaban J connectivity index is 1.43. The molecule has 0 aliphatic rings. The summed E-state index contributed by atoms with van der Waals surface area (Å²) in [6, 6.07) is 12.4. The van der Waals surface area contributed by atoms with E-state index in [4.69, 9.17) is 0 Å². The Morgan fingerprint density at radius 3 is 2.70 bits per heavy atom. The lowest BCUT2D eigenvalue weighted by Crippen LogP contribution is -1.98. The van der Waals surface area contributed by atoms with Crippen LogP contribution in [-0.2, 0) is 13.6 Å². The predicted octanol–water partition coefficient (Wildman–Crippen LogP) is 4.25. The Morgan fingerprint density at radius 1 is 1.04 bits per heavy atom. The van der Waals surface area contributed by atoms with Crippen molar-refractivity contribution in [2.24, 2.45) is 7.05 Å². The first-order valence-electron chi connectivity index (χ1n) is 8.02. The molecule has 0 aliphatic heterocycles. The fourth-order valence-electron chi connectivity index (χ4n) is 2.55. The molecular formula is C18H22N4S. The zero-order valence-electron chi connectivity index (χ0n) is 13.4. The maximum Gasteiger partial charge on any atom is 0.168 e. The van der Waals surface area contributed by atoms with Gasteiger partial charge in [-0.3, -0.25) is 4.68 Å². The molecule has 3 aromatic rings. The molecule has 0 N–H and O–H groups in total. The lowest BCUT2D eigenvalue weighted by molar-refractivity contribution is 0.554. The van der Waals surface area contributed by atoms with Gasteiger partial charge in [-0.25, -0.2) is 4.98 Å². The van der Waals surface area contributed by atoms with Crippen LogP contribution in [0, 0.1) is 0 Å². The first kappa shape index (κ1) is 15.9. The number of aromatic nitrogens is 4. The van der Waals surface area contributed by atoms with Crippen LogP contribution in [0.4, 0.5) is 0 Å². The van der Waals surface area contributed by atoms with E-state index in [2.05, 4.69) is 46.0 Å². The smallest absolute Gasteiger partial charge is 0.168 e. The van der Waals surface area contributed by atoms with Gasteiger partial charge in [-0.2, -0.15) is 5.10 Å². The van der Waals surface area contributed by atoms with Gasteiger partial charge < -0.3 is 4.57 Å². The standard InChI is InChI=1S/C18H22N4S/c1-21-17(16-9-4-2-5-10-16)15-19-18(21)23-14-7-3-6-12-22-13-8-11-20-22/h2,4-5,8-11,13,15H,3,6-7,12,14H2,1H3. The number of nitrogens with zero attached hydrogens (tertiary/aromatic N) is 4. The molecule has 0 bridgehead atoms. The number of benzene rings is 1. The van der Waals surface area contributed by atoms with Crippen molar-refractivity contribution >= 4 is 11.8 Å². The lowest BCUT2D eigenvalue weighted by Gasteiger charge is -2.06. The van der Waals surface area contributed by atoms with Crippen LogP contribution in [0.1, 0.15) is 19.3 Å². The van der Waals surface area contributed by atoms with Crippen molar-refractivity contribution in [3.05, 3.63) is 55.0 Å². The van der Waals surface area contributed by atoms with Gasteiger partial charge in [0, 0.05) is 31.7 Å². The predicted molar refractivity (Wildman–Crippen MR) is 95.4 cm³/mol. The van der Waals surface area contributed by atoms with Crippen molar-refractivity contribution in [2.75, 3.05) is 5.75 Å². The summed E-state index contributed by atoms with van der Waals surface area (Å²) in [7, 11) is 2.09. The zero-order valence-corrected chi connectivity index (χ0v) is 14.2. The highest BCUT2D eigenvalue weighted by atomic mass is 32.2. The molecule has 0 saturated carbocycles. The summed E-state index contributed by atoms with van der Waals surface area (Å²) in [5.41, 5.74) is 2.39. The number of imidazole rings is 1. The van der Waals surface area contributed by atoms with Crippen molar-refractivity contribution in [3.63, 3.8) is 0 Å². The third-order valence-corrected chi connectivity index (χ3v) is 4.97. The second kappa shape index (κ2) is 8.02. The topological polar surface area (TPSA) is 35.6 Å². The van der Waals surface area contributed by atoms with E-state index in [1.807, 2.05) is 47.2 Å². The van der Waals surface area contributed by atoms with Crippen molar-refractivity contribution in [3.8, 4) is 11.3 Å². The van der Waals surface area contributed by atoms with Gasteiger partial charge in [-0.15, -0.1) is 0 Å². The molecule has 0 unspecified atom stereocenters. The number of aryl methyl sites for hydroxylation is 1. The van der Waals surface area contributed by atoms with Crippen LogP contribution in [0.2, 0.25) is 0 Å². The van der Waals surface area contributed by atoms with E-state index in [0.29, 0.717) is 0 Å². The molecule has 0 radical (unpaired) electrons. The Labute approximate surface area is 141 Å². The van der Waals surface area contributed by atoms with Gasteiger partial charge >= 0.3 is 0 Å². The molecule has 3 rings (SSSR count). The Bertz CT molecular complexity index is 704. The van der Waals surface area contributed by atoms with Crippen molar-refractivity contribution < 1.29 is 0 Å². The fraction of sp³-hybridized carbons (Fsp3) is 0.333. The minimum Gasteiger partial charge on any atom is -0.322 e. The van der Waals surface area contributed by atoms with Gasteiger partial charge in [0.2, 0.25) is 0 Å². The van der Waals surface area contributed by atoms with Gasteiger partial charge in [0.1, 0.15) is 0 Å². The normalized spacial score (nSPS) is 11.0. The van der Waals surface area contributed by atoms with Gasteiger partial charge in [-0.1, -0.05) is 48.5 Å². The average molecular weight is 326 g/mol. The summed E-state index contributed by atoms with van der Waals surface area (Å²) < 4.78 is 4.18. The highest BCUT2D eigenvalue weighted by Gasteiger charge is 2.08. The van der Waals surface area contributed by atoms with Gasteiger partial charge in [-0.05, 0) is 24.5 Å². The molecule has 0 saturated heterocycles. The van der Waals surface area contributed by atoms with Crippen LogP contribution < -0.4 is 0 Å². The second-order valence-corrected chi connectivity index (χ2v) is 6.59. The van der Waals surface area contributed by atoms with Gasteiger partial charge in [0.25, 0.3) is 0 Å². The van der Waals surface area contributed by atoms with E-state index in [0.717, 1.165) is 17.5 Å². The van der Waals surface area contributed by atoms with E-state index < -0.39 is 0 Å². The summed E-state index contributed by atoms with van der Waals surface area (Å²) in [6.45, 7) is 1.01. The van der Waals surface area contributed by atoms with Crippen molar-refractivity contribution in [1.29, 1.82) is 0 Å². The minimum absolute atomic E-state index is 1.01. The van der Waals surface area contributed by atoms with E-state index >= 15 is 0 Å². The molecule has 2 aromatic heterocycles. The second-order valence-electron chi connectivity index (χ2n) is 5.53. The summed E-state index contributed by atoms with van der Waals surface area (Å²) in [6.07, 6.45) is 9.44. The quantitative estimate of drug-likeness (QED) is 0.459. The first-order valence-corrected chi connectivity index (χ1v) is 9.00. The highest BCUT2D eigenvalue weighted by Crippen LogP contribution is 2.25. The molecule has 0 fully saturated rings. The van der Waals surface area contributed by atoms with Crippen LogP contribution in [0.25, 0.3) is 11.3 Å². The molecule has 0 aliphatic carbocycles. The minimum atomic E-state index is 1.01. The van der Waals surface area contributed by atoms with Crippen LogP contribution in [0.15, 0.2) is 60.1 Å². The molecule has 5 heteroatoms. The monoisotopic (exact) mass is 326 g/mol. The molecule has 23 heavy (non-hydrogen) atoms. The molecule has 4 nitrogen and oxygen atoms in total. The third kappa shape index (κ3) is 4.26. The zero-order chi connectivity index (χ0) is 15.9. The summed E-state index contributed by atoms with van der Waals surface area (Å²) >= 11 is 1.84. The number of hydrogen-bond acceptors (Lipinski definition) is 3. The molecule has 1 aromatic carbocycles. The van der Waals surface area contributed by atoms with Crippen molar-refractivity contribution in [1.82, 2.24) is 19.3 Å². The Morgan fingerprint density at radius 2 is 1.91 bits per heavy atom. The maximum atomic E-state index is 4.56. The third-order valence-electron chi connectivity index (χ3n) is 3.84. The SMILES string of the molecule is Cn1c(-c2ccccc2)cnc1SCCCCCn1cccn1. The molecule has 0 spiro atoms. The van der Waals surface area contributed by atoms with E-state index in [1.165, 1.54) is 30.5 Å². The Kier molecular flexibility index (Phi) is 5.53. The van der Waals surface area contributed by atoms with Crippen LogP contribution in [0.5, 0.6) is 0 Å². The van der Waals surface area contributed by atoms with Crippen molar-refractivity contribution in [2.45, 2.75) is 31.0 Å². The number of hydrogen-bond donors (Lipinski definition) is 0. The highest BCUT2D eigenvalue weighted by molar-refractivity contribution is 7.99. The maximum absolute atomic E-state index is 4.56. The summed E-state index contributed by atoms with van der Waals surface area (Å²) in [4.78, 5) is 4.56. The molecule has 2 heterocycles.